The van der Waals surface area contributed by atoms with Crippen LogP contribution in [-0.4, -0.2) is 41.4 Å². The lowest BCUT2D eigenvalue weighted by molar-refractivity contribution is 0.0215. The van der Waals surface area contributed by atoms with E-state index in [1.165, 1.54) is 0 Å². The number of ether oxygens (including phenoxy) is 1. The van der Waals surface area contributed by atoms with Crippen LogP contribution >= 0.6 is 0 Å². The number of amides is 1. The maximum atomic E-state index is 11.2. The fraction of sp³-hybridized carbons (Fsp3) is 0.875. The molecule has 1 unspecified atom stereocenters. The van der Waals surface area contributed by atoms with Crippen LogP contribution in [0.5, 0.6) is 0 Å². The molecule has 1 heterocycles. The maximum Gasteiger partial charge on any atom is 0.410 e. The Morgan fingerprint density at radius 3 is 2.83 bits per heavy atom. The minimum absolute atomic E-state index is 0.00116. The molecule has 4 heteroatoms. The van der Waals surface area contributed by atoms with Gasteiger partial charge in [-0.25, -0.2) is 4.79 Å². The SMILES string of the molecule is O=C1OCCC(CO)N1C1CC1. The first-order valence-electron chi connectivity index (χ1n) is 4.39. The Balaban J connectivity index is 2.05. The second-order valence-electron chi connectivity index (χ2n) is 3.38. The molecule has 1 saturated heterocycles. The normalized spacial score (nSPS) is 30.2. The van der Waals surface area contributed by atoms with Gasteiger partial charge in [0, 0.05) is 12.5 Å². The minimum Gasteiger partial charge on any atom is -0.449 e. The Kier molecular flexibility index (Phi) is 1.92. The van der Waals surface area contributed by atoms with E-state index in [1.54, 1.807) is 4.90 Å². The van der Waals surface area contributed by atoms with Gasteiger partial charge in [-0.3, -0.25) is 4.90 Å². The van der Waals surface area contributed by atoms with Crippen LogP contribution in [0.25, 0.3) is 0 Å². The number of cyclic esters (lactones) is 1. The highest BCUT2D eigenvalue weighted by Crippen LogP contribution is 2.31. The number of hydrogen-bond acceptors (Lipinski definition) is 3. The Labute approximate surface area is 71.1 Å². The summed E-state index contributed by atoms with van der Waals surface area (Å²) in [6.45, 7) is 0.513. The number of rotatable bonds is 2. The molecule has 0 radical (unpaired) electrons. The van der Waals surface area contributed by atoms with Gasteiger partial charge in [0.1, 0.15) is 0 Å². The van der Waals surface area contributed by atoms with E-state index in [2.05, 4.69) is 0 Å². The third kappa shape index (κ3) is 1.27. The van der Waals surface area contributed by atoms with Gasteiger partial charge in [-0.15, -0.1) is 0 Å². The molecule has 1 aliphatic heterocycles. The smallest absolute Gasteiger partial charge is 0.410 e. The summed E-state index contributed by atoms with van der Waals surface area (Å²) >= 11 is 0. The number of nitrogens with zero attached hydrogens (tertiary/aromatic N) is 1. The number of aliphatic hydroxyl groups is 1. The first-order valence-corrected chi connectivity index (χ1v) is 4.39. The zero-order valence-electron chi connectivity index (χ0n) is 6.90. The summed E-state index contributed by atoms with van der Waals surface area (Å²) in [5.74, 6) is 0. The highest BCUT2D eigenvalue weighted by Gasteiger charge is 2.40. The summed E-state index contributed by atoms with van der Waals surface area (Å²) in [5, 5.41) is 9.01. The molecule has 12 heavy (non-hydrogen) atoms. The van der Waals surface area contributed by atoms with E-state index >= 15 is 0 Å². The Morgan fingerprint density at radius 2 is 2.25 bits per heavy atom. The van der Waals surface area contributed by atoms with Crippen molar-refractivity contribution in [2.24, 2.45) is 0 Å². The Hall–Kier alpha value is -0.770. The summed E-state index contributed by atoms with van der Waals surface area (Å²) in [7, 11) is 0. The van der Waals surface area contributed by atoms with Crippen molar-refractivity contribution in [3.63, 3.8) is 0 Å². The van der Waals surface area contributed by atoms with Gasteiger partial charge in [0.25, 0.3) is 0 Å². The molecule has 4 nitrogen and oxygen atoms in total. The fourth-order valence-corrected chi connectivity index (χ4v) is 1.62. The Morgan fingerprint density at radius 1 is 1.50 bits per heavy atom. The molecule has 0 spiro atoms. The maximum absolute atomic E-state index is 11.2. The van der Waals surface area contributed by atoms with Crippen LogP contribution in [0.1, 0.15) is 19.3 Å². The molecule has 2 rings (SSSR count). The van der Waals surface area contributed by atoms with E-state index in [0.29, 0.717) is 12.6 Å². The highest BCUT2D eigenvalue weighted by molar-refractivity contribution is 5.69. The quantitative estimate of drug-likeness (QED) is 0.652. The molecule has 68 valence electrons. The molecule has 1 saturated carbocycles. The lowest BCUT2D eigenvalue weighted by atomic mass is 10.2. The zero-order chi connectivity index (χ0) is 8.55. The van der Waals surface area contributed by atoms with Crippen LogP contribution in [0.2, 0.25) is 0 Å². The van der Waals surface area contributed by atoms with Gasteiger partial charge < -0.3 is 9.84 Å². The van der Waals surface area contributed by atoms with Crippen molar-refractivity contribution in [2.75, 3.05) is 13.2 Å². The van der Waals surface area contributed by atoms with Crippen LogP contribution in [-0.2, 0) is 4.74 Å². The molecule has 1 atom stereocenters. The largest absolute Gasteiger partial charge is 0.449 e. The van der Waals surface area contributed by atoms with Gasteiger partial charge in [-0.2, -0.15) is 0 Å². The van der Waals surface area contributed by atoms with E-state index in [0.717, 1.165) is 19.3 Å². The number of hydrogen-bond donors (Lipinski definition) is 1. The lowest BCUT2D eigenvalue weighted by Crippen LogP contribution is -2.48. The standard InChI is InChI=1S/C8H13NO3/c10-5-7-3-4-12-8(11)9(7)6-1-2-6/h6-7,10H,1-5H2. The number of carbonyl (C=O) groups is 1. The summed E-state index contributed by atoms with van der Waals surface area (Å²) in [6, 6.07) is 0.341. The first-order chi connectivity index (χ1) is 5.83. The number of carbonyl (C=O) groups excluding carboxylic acids is 1. The third-order valence-electron chi connectivity index (χ3n) is 2.43. The van der Waals surface area contributed by atoms with E-state index in [9.17, 15) is 4.79 Å². The summed E-state index contributed by atoms with van der Waals surface area (Å²) < 4.78 is 4.90. The number of aliphatic hydroxyl groups excluding tert-OH is 1. The van der Waals surface area contributed by atoms with Gasteiger partial charge in [-0.1, -0.05) is 0 Å². The minimum atomic E-state index is -0.247. The van der Waals surface area contributed by atoms with Crippen molar-refractivity contribution in [1.82, 2.24) is 4.90 Å². The third-order valence-corrected chi connectivity index (χ3v) is 2.43. The van der Waals surface area contributed by atoms with Crippen molar-refractivity contribution >= 4 is 6.09 Å². The summed E-state index contributed by atoms with van der Waals surface area (Å²) in [6.07, 6.45) is 2.64. The van der Waals surface area contributed by atoms with E-state index in [4.69, 9.17) is 9.84 Å². The van der Waals surface area contributed by atoms with Crippen LogP contribution < -0.4 is 0 Å². The van der Waals surface area contributed by atoms with Crippen LogP contribution in [0.3, 0.4) is 0 Å². The van der Waals surface area contributed by atoms with Crippen molar-refractivity contribution < 1.29 is 14.6 Å². The van der Waals surface area contributed by atoms with E-state index in [-0.39, 0.29) is 18.7 Å². The zero-order valence-corrected chi connectivity index (χ0v) is 6.90. The molecule has 1 aliphatic carbocycles. The molecule has 0 bridgehead atoms. The Bertz CT molecular complexity index is 191. The molecule has 2 aliphatic rings. The van der Waals surface area contributed by atoms with Crippen LogP contribution in [0.15, 0.2) is 0 Å². The summed E-state index contributed by atoms with van der Waals surface area (Å²) in [4.78, 5) is 12.9. The predicted molar refractivity (Wildman–Crippen MR) is 41.7 cm³/mol. The molecule has 0 aromatic carbocycles. The van der Waals surface area contributed by atoms with Gasteiger partial charge in [0.15, 0.2) is 0 Å². The lowest BCUT2D eigenvalue weighted by Gasteiger charge is -2.33. The fourth-order valence-electron chi connectivity index (χ4n) is 1.62. The predicted octanol–water partition coefficient (Wildman–Crippen LogP) is 0.352. The topological polar surface area (TPSA) is 49.8 Å². The van der Waals surface area contributed by atoms with Crippen molar-refractivity contribution in [3.05, 3.63) is 0 Å². The van der Waals surface area contributed by atoms with Gasteiger partial charge in [-0.05, 0) is 12.8 Å². The second-order valence-corrected chi connectivity index (χ2v) is 3.38. The molecular weight excluding hydrogens is 158 g/mol. The molecular formula is C8H13NO3. The van der Waals surface area contributed by atoms with E-state index < -0.39 is 0 Å². The molecule has 2 fully saturated rings. The monoisotopic (exact) mass is 171 g/mol. The first kappa shape index (κ1) is 7.86. The molecule has 0 aromatic heterocycles. The van der Waals surface area contributed by atoms with Crippen molar-refractivity contribution in [2.45, 2.75) is 31.3 Å². The van der Waals surface area contributed by atoms with Crippen LogP contribution in [0, 0.1) is 0 Å². The van der Waals surface area contributed by atoms with Crippen LogP contribution in [0.4, 0.5) is 4.79 Å². The van der Waals surface area contributed by atoms with Crippen molar-refractivity contribution in [1.29, 1.82) is 0 Å². The average Bonchev–Trinajstić information content (AvgIpc) is 2.87. The van der Waals surface area contributed by atoms with Gasteiger partial charge in [0.2, 0.25) is 0 Å². The average molecular weight is 171 g/mol. The molecule has 0 aromatic rings. The second kappa shape index (κ2) is 2.94. The van der Waals surface area contributed by atoms with E-state index in [1.807, 2.05) is 0 Å². The van der Waals surface area contributed by atoms with Gasteiger partial charge in [0.05, 0.1) is 19.3 Å². The van der Waals surface area contributed by atoms with Crippen molar-refractivity contribution in [3.8, 4) is 0 Å². The molecule has 1 amide bonds. The van der Waals surface area contributed by atoms with Gasteiger partial charge >= 0.3 is 6.09 Å². The highest BCUT2D eigenvalue weighted by atomic mass is 16.6. The summed E-state index contributed by atoms with van der Waals surface area (Å²) in [5.41, 5.74) is 0. The molecule has 1 N–H and O–H groups in total.